The zero-order chi connectivity index (χ0) is 11.7. The van der Waals surface area contributed by atoms with Gasteiger partial charge in [-0.25, -0.2) is 4.79 Å². The van der Waals surface area contributed by atoms with E-state index in [9.17, 15) is 4.79 Å². The predicted octanol–water partition coefficient (Wildman–Crippen LogP) is 0.640. The summed E-state index contributed by atoms with van der Waals surface area (Å²) >= 11 is 0. The Kier molecular flexibility index (Phi) is 2.70. The predicted molar refractivity (Wildman–Crippen MR) is 65.8 cm³/mol. The number of hydrogen-bond acceptors (Lipinski definition) is 3. The summed E-state index contributed by atoms with van der Waals surface area (Å²) in [6, 6.07) is 6.07. The molecule has 0 saturated heterocycles. The van der Waals surface area contributed by atoms with Gasteiger partial charge < -0.3 is 20.6 Å². The van der Waals surface area contributed by atoms with Crippen LogP contribution in [0.4, 0.5) is 5.69 Å². The Balaban J connectivity index is 2.42. The molecule has 0 fully saturated rings. The van der Waals surface area contributed by atoms with Crippen molar-refractivity contribution >= 4 is 16.7 Å². The smallest absolute Gasteiger partial charge is 0.323 e. The van der Waals surface area contributed by atoms with E-state index in [0.717, 1.165) is 16.7 Å². The van der Waals surface area contributed by atoms with Gasteiger partial charge in [0.15, 0.2) is 0 Å². The molecule has 0 aliphatic rings. The van der Waals surface area contributed by atoms with Gasteiger partial charge in [0.1, 0.15) is 0 Å². The van der Waals surface area contributed by atoms with Crippen molar-refractivity contribution in [1.29, 1.82) is 0 Å². The minimum Gasteiger partial charge on any atom is -0.371 e. The molecule has 0 spiro atoms. The van der Waals surface area contributed by atoms with E-state index in [2.05, 4.69) is 21.8 Å². The van der Waals surface area contributed by atoms with Gasteiger partial charge in [-0.1, -0.05) is 0 Å². The summed E-state index contributed by atoms with van der Waals surface area (Å²) in [6.45, 7) is 2.66. The van der Waals surface area contributed by atoms with Gasteiger partial charge in [0.25, 0.3) is 0 Å². The van der Waals surface area contributed by atoms with Crippen LogP contribution >= 0.6 is 0 Å². The Bertz CT molecular complexity index is 542. The highest BCUT2D eigenvalue weighted by atomic mass is 16.1. The van der Waals surface area contributed by atoms with Gasteiger partial charge in [0.2, 0.25) is 0 Å². The molecule has 1 aromatic carbocycles. The molecule has 86 valence electrons. The van der Waals surface area contributed by atoms with E-state index in [-0.39, 0.29) is 11.7 Å². The number of benzene rings is 1. The number of nitrogens with two attached hydrogens (primary N) is 1. The summed E-state index contributed by atoms with van der Waals surface area (Å²) in [5.74, 6) is 0. The Hall–Kier alpha value is -1.75. The fourth-order valence-corrected chi connectivity index (χ4v) is 1.65. The highest BCUT2D eigenvalue weighted by molar-refractivity contribution is 5.79. The average Bonchev–Trinajstić information content (AvgIpc) is 2.65. The number of H-pyrrole nitrogens is 2. The summed E-state index contributed by atoms with van der Waals surface area (Å²) in [6.07, 6.45) is 0. The first-order chi connectivity index (χ1) is 7.61. The Morgan fingerprint density at radius 3 is 2.75 bits per heavy atom. The maximum Gasteiger partial charge on any atom is 0.323 e. The number of fused-ring (bicyclic) bond motifs is 1. The Morgan fingerprint density at radius 1 is 1.38 bits per heavy atom. The van der Waals surface area contributed by atoms with Gasteiger partial charge in [-0.2, -0.15) is 0 Å². The largest absolute Gasteiger partial charge is 0.371 e. The second-order valence-corrected chi connectivity index (χ2v) is 4.00. The number of nitrogens with zero attached hydrogens (tertiary/aromatic N) is 1. The van der Waals surface area contributed by atoms with E-state index in [1.807, 2.05) is 25.2 Å². The van der Waals surface area contributed by atoms with Crippen LogP contribution in [0.15, 0.2) is 23.0 Å². The summed E-state index contributed by atoms with van der Waals surface area (Å²) in [4.78, 5) is 18.7. The fraction of sp³-hybridized carbons (Fsp3) is 0.364. The van der Waals surface area contributed by atoms with E-state index in [1.165, 1.54) is 0 Å². The summed E-state index contributed by atoms with van der Waals surface area (Å²) in [5.41, 5.74) is 8.12. The zero-order valence-electron chi connectivity index (χ0n) is 9.45. The van der Waals surface area contributed by atoms with Crippen LogP contribution in [0, 0.1) is 0 Å². The fourth-order valence-electron chi connectivity index (χ4n) is 1.65. The molecule has 1 heterocycles. The van der Waals surface area contributed by atoms with Gasteiger partial charge in [-0.3, -0.25) is 0 Å². The Morgan fingerprint density at radius 2 is 2.06 bits per heavy atom. The molecule has 5 heteroatoms. The van der Waals surface area contributed by atoms with Gasteiger partial charge in [-0.15, -0.1) is 0 Å². The highest BCUT2D eigenvalue weighted by Crippen LogP contribution is 2.19. The number of imidazole rings is 1. The van der Waals surface area contributed by atoms with Crippen LogP contribution in [0.25, 0.3) is 11.0 Å². The lowest BCUT2D eigenvalue weighted by atomic mass is 10.2. The van der Waals surface area contributed by atoms with Crippen LogP contribution in [0.3, 0.4) is 0 Å². The van der Waals surface area contributed by atoms with Gasteiger partial charge >= 0.3 is 5.69 Å². The van der Waals surface area contributed by atoms with E-state index in [1.54, 1.807) is 0 Å². The molecule has 1 aromatic heterocycles. The second-order valence-electron chi connectivity index (χ2n) is 4.00. The number of anilines is 1. The van der Waals surface area contributed by atoms with Crippen LogP contribution in [-0.2, 0) is 0 Å². The number of hydrogen-bond donors (Lipinski definition) is 3. The lowest BCUT2D eigenvalue weighted by Crippen LogP contribution is -2.35. The zero-order valence-corrected chi connectivity index (χ0v) is 9.45. The molecule has 1 unspecified atom stereocenters. The molecule has 4 N–H and O–H groups in total. The normalized spacial score (nSPS) is 12.9. The SMILES string of the molecule is CC(CN)N(C)c1ccc2[nH]c(=O)[nH]c2c1. The van der Waals surface area contributed by atoms with Gasteiger partial charge in [0, 0.05) is 25.3 Å². The lowest BCUT2D eigenvalue weighted by molar-refractivity contribution is 0.696. The summed E-state index contributed by atoms with van der Waals surface area (Å²) in [7, 11) is 1.99. The molecule has 5 nitrogen and oxygen atoms in total. The summed E-state index contributed by atoms with van der Waals surface area (Å²) in [5, 5.41) is 0. The van der Waals surface area contributed by atoms with Crippen molar-refractivity contribution in [3.05, 3.63) is 28.7 Å². The van der Waals surface area contributed by atoms with Crippen molar-refractivity contribution in [2.45, 2.75) is 13.0 Å². The molecule has 0 aliphatic carbocycles. The van der Waals surface area contributed by atoms with E-state index >= 15 is 0 Å². The minimum atomic E-state index is -0.179. The first-order valence-corrected chi connectivity index (χ1v) is 5.27. The van der Waals surface area contributed by atoms with Crippen LogP contribution in [0.2, 0.25) is 0 Å². The molecule has 2 aromatic rings. The summed E-state index contributed by atoms with van der Waals surface area (Å²) < 4.78 is 0. The highest BCUT2D eigenvalue weighted by Gasteiger charge is 2.09. The van der Waals surface area contributed by atoms with Gasteiger partial charge in [-0.05, 0) is 25.1 Å². The maximum atomic E-state index is 11.1. The molecule has 0 saturated carbocycles. The van der Waals surface area contributed by atoms with Crippen LogP contribution < -0.4 is 16.3 Å². The quantitative estimate of drug-likeness (QED) is 0.710. The van der Waals surface area contributed by atoms with Crippen LogP contribution in [0.1, 0.15) is 6.92 Å². The molecule has 1 atom stereocenters. The molecular weight excluding hydrogens is 204 g/mol. The van der Waals surface area contributed by atoms with Crippen molar-refractivity contribution in [3.8, 4) is 0 Å². The van der Waals surface area contributed by atoms with E-state index in [4.69, 9.17) is 5.73 Å². The monoisotopic (exact) mass is 220 g/mol. The van der Waals surface area contributed by atoms with Crippen molar-refractivity contribution in [2.75, 3.05) is 18.5 Å². The van der Waals surface area contributed by atoms with Crippen molar-refractivity contribution < 1.29 is 0 Å². The number of likely N-dealkylation sites (N-methyl/N-ethyl adjacent to an activating group) is 1. The first kappa shape index (κ1) is 10.8. The third-order valence-electron chi connectivity index (χ3n) is 2.91. The lowest BCUT2D eigenvalue weighted by Gasteiger charge is -2.25. The first-order valence-electron chi connectivity index (χ1n) is 5.27. The van der Waals surface area contributed by atoms with Gasteiger partial charge in [0.05, 0.1) is 11.0 Å². The van der Waals surface area contributed by atoms with Crippen molar-refractivity contribution in [2.24, 2.45) is 5.73 Å². The number of aromatic amines is 2. The van der Waals surface area contributed by atoms with E-state index in [0.29, 0.717) is 6.54 Å². The van der Waals surface area contributed by atoms with Crippen LogP contribution in [0.5, 0.6) is 0 Å². The molecular formula is C11H16N4O. The molecule has 0 aliphatic heterocycles. The molecule has 0 radical (unpaired) electrons. The van der Waals surface area contributed by atoms with E-state index < -0.39 is 0 Å². The van der Waals surface area contributed by atoms with Crippen LogP contribution in [-0.4, -0.2) is 29.6 Å². The second kappa shape index (κ2) is 4.02. The van der Waals surface area contributed by atoms with Crippen molar-refractivity contribution in [1.82, 2.24) is 9.97 Å². The third kappa shape index (κ3) is 1.81. The molecule has 0 amide bonds. The number of aromatic nitrogens is 2. The maximum absolute atomic E-state index is 11.1. The molecule has 0 bridgehead atoms. The third-order valence-corrected chi connectivity index (χ3v) is 2.91. The minimum absolute atomic E-state index is 0.179. The topological polar surface area (TPSA) is 77.9 Å². The average molecular weight is 220 g/mol. The standard InChI is InChI=1S/C11H16N4O/c1-7(6-12)15(2)8-3-4-9-10(5-8)14-11(16)13-9/h3-5,7H,6,12H2,1-2H3,(H2,13,14,16). The molecule has 16 heavy (non-hydrogen) atoms. The number of nitrogens with one attached hydrogen (secondary N) is 2. The Labute approximate surface area is 93.3 Å². The van der Waals surface area contributed by atoms with Crippen molar-refractivity contribution in [3.63, 3.8) is 0 Å². The molecule has 2 rings (SSSR count). The number of rotatable bonds is 3.